The Labute approximate surface area is 213 Å². The van der Waals surface area contributed by atoms with Crippen LogP contribution in [0.1, 0.15) is 27.2 Å². The summed E-state index contributed by atoms with van der Waals surface area (Å²) in [4.78, 5) is 22.4. The van der Waals surface area contributed by atoms with E-state index in [1.165, 1.54) is 11.3 Å². The Bertz CT molecular complexity index is 1320. The molecule has 0 spiro atoms. The smallest absolute Gasteiger partial charge is 0.256 e. The molecule has 0 aliphatic carbocycles. The molecule has 1 saturated heterocycles. The number of allylic oxidation sites excluding steroid dienone is 3. The average Bonchev–Trinajstić information content (AvgIpc) is 3.32. The number of benzene rings is 1. The van der Waals surface area contributed by atoms with Gasteiger partial charge in [0.1, 0.15) is 5.82 Å². The Morgan fingerprint density at radius 3 is 2.47 bits per heavy atom. The molecule has 0 unspecified atom stereocenters. The van der Waals surface area contributed by atoms with Gasteiger partial charge in [-0.15, -0.1) is 0 Å². The number of carbonyl (C=O) groups is 1. The summed E-state index contributed by atoms with van der Waals surface area (Å²) in [5, 5.41) is 9.27. The lowest BCUT2D eigenvalue weighted by atomic mass is 10.0. The molecule has 4 rings (SSSR count). The fourth-order valence-electron chi connectivity index (χ4n) is 4.37. The van der Waals surface area contributed by atoms with Crippen molar-refractivity contribution in [2.24, 2.45) is 7.05 Å². The third kappa shape index (κ3) is 5.91. The highest BCUT2D eigenvalue weighted by atomic mass is 16.1. The standard InChI is InChI=1S/C29H36N6O/c1-6-21(3)27(35-14-12-33(4)13-15-35)11-10-22(7-2)29(36)32-28-17-25-16-23(8-9-24(25)18-30-28)26-19-31-34(5)20-26/h7-11,16-20H,6,12-15H2,1-5H3,(H,30,32,36)/b11-10-,22-7+,27-21-. The van der Waals surface area contributed by atoms with Crippen LogP contribution in [-0.4, -0.2) is 63.7 Å². The van der Waals surface area contributed by atoms with Crippen molar-refractivity contribution in [3.8, 4) is 11.1 Å². The highest BCUT2D eigenvalue weighted by Gasteiger charge is 2.17. The molecule has 2 aromatic heterocycles. The van der Waals surface area contributed by atoms with E-state index in [-0.39, 0.29) is 5.91 Å². The van der Waals surface area contributed by atoms with Gasteiger partial charge < -0.3 is 15.1 Å². The van der Waals surface area contributed by atoms with Gasteiger partial charge in [-0.1, -0.05) is 30.7 Å². The Morgan fingerprint density at radius 2 is 1.81 bits per heavy atom. The average molecular weight is 485 g/mol. The van der Waals surface area contributed by atoms with Crippen molar-refractivity contribution >= 4 is 22.5 Å². The molecule has 0 radical (unpaired) electrons. The lowest BCUT2D eigenvalue weighted by Crippen LogP contribution is -2.43. The molecule has 188 valence electrons. The number of anilines is 1. The second kappa shape index (κ2) is 11.4. The Hall–Kier alpha value is -3.71. The van der Waals surface area contributed by atoms with Gasteiger partial charge in [0.15, 0.2) is 0 Å². The van der Waals surface area contributed by atoms with Crippen LogP contribution >= 0.6 is 0 Å². The van der Waals surface area contributed by atoms with Crippen molar-refractivity contribution in [1.82, 2.24) is 24.6 Å². The lowest BCUT2D eigenvalue weighted by Gasteiger charge is -2.35. The molecule has 0 saturated carbocycles. The van der Waals surface area contributed by atoms with Crippen LogP contribution < -0.4 is 5.32 Å². The number of rotatable bonds is 7. The number of likely N-dealkylation sites (N-methyl/N-ethyl adjacent to an activating group) is 1. The van der Waals surface area contributed by atoms with Crippen LogP contribution in [0.15, 0.2) is 77.9 Å². The second-order valence-electron chi connectivity index (χ2n) is 9.38. The summed E-state index contributed by atoms with van der Waals surface area (Å²) in [7, 11) is 4.06. The van der Waals surface area contributed by atoms with Gasteiger partial charge >= 0.3 is 0 Å². The number of nitrogens with zero attached hydrogens (tertiary/aromatic N) is 5. The number of carbonyl (C=O) groups excluding carboxylic acids is 1. The van der Waals surface area contributed by atoms with E-state index in [1.807, 2.05) is 50.6 Å². The third-order valence-corrected chi connectivity index (χ3v) is 6.81. The van der Waals surface area contributed by atoms with E-state index in [4.69, 9.17) is 0 Å². The molecule has 1 aliphatic rings. The van der Waals surface area contributed by atoms with Crippen LogP contribution in [0.4, 0.5) is 5.82 Å². The normalized spacial score (nSPS) is 16.0. The number of piperazine rings is 1. The molecule has 1 fully saturated rings. The largest absolute Gasteiger partial charge is 0.369 e. The molecule has 7 nitrogen and oxygen atoms in total. The Balaban J connectivity index is 1.51. The van der Waals surface area contributed by atoms with Gasteiger partial charge in [-0.2, -0.15) is 5.10 Å². The highest BCUT2D eigenvalue weighted by Crippen LogP contribution is 2.25. The van der Waals surface area contributed by atoms with Gasteiger partial charge in [0.2, 0.25) is 0 Å². The molecule has 0 bridgehead atoms. The molecule has 36 heavy (non-hydrogen) atoms. The van der Waals surface area contributed by atoms with Gasteiger partial charge in [0, 0.05) is 67.8 Å². The maximum atomic E-state index is 13.1. The van der Waals surface area contributed by atoms with Crippen molar-refractivity contribution in [2.75, 3.05) is 38.5 Å². The summed E-state index contributed by atoms with van der Waals surface area (Å²) >= 11 is 0. The van der Waals surface area contributed by atoms with E-state index < -0.39 is 0 Å². The molecule has 1 N–H and O–H groups in total. The van der Waals surface area contributed by atoms with Crippen LogP contribution in [-0.2, 0) is 11.8 Å². The lowest BCUT2D eigenvalue weighted by molar-refractivity contribution is -0.112. The van der Waals surface area contributed by atoms with Crippen molar-refractivity contribution in [3.63, 3.8) is 0 Å². The predicted molar refractivity (Wildman–Crippen MR) is 148 cm³/mol. The maximum Gasteiger partial charge on any atom is 0.256 e. The van der Waals surface area contributed by atoms with Gasteiger partial charge in [0.25, 0.3) is 5.91 Å². The quantitative estimate of drug-likeness (QED) is 0.377. The number of amides is 1. The van der Waals surface area contributed by atoms with E-state index >= 15 is 0 Å². The second-order valence-corrected chi connectivity index (χ2v) is 9.38. The first-order chi connectivity index (χ1) is 17.4. The SMILES string of the molecule is C\C=C(/C=C\C(=C(/C)CC)N1CCN(C)CC1)C(=O)Nc1cc2cc(-c3cnn(C)c3)ccc2cn1. The fourth-order valence-corrected chi connectivity index (χ4v) is 4.37. The first-order valence-electron chi connectivity index (χ1n) is 12.6. The maximum absolute atomic E-state index is 13.1. The number of aryl methyl sites for hydroxylation is 1. The topological polar surface area (TPSA) is 66.3 Å². The van der Waals surface area contributed by atoms with Gasteiger partial charge in [0.05, 0.1) is 6.20 Å². The number of hydrogen-bond acceptors (Lipinski definition) is 5. The van der Waals surface area contributed by atoms with E-state index in [0.717, 1.165) is 54.5 Å². The number of pyridine rings is 1. The van der Waals surface area contributed by atoms with Crippen LogP contribution in [0.2, 0.25) is 0 Å². The molecule has 1 aliphatic heterocycles. The molecular formula is C29H36N6O. The zero-order valence-electron chi connectivity index (χ0n) is 22.0. The van der Waals surface area contributed by atoms with E-state index in [1.54, 1.807) is 10.9 Å². The minimum atomic E-state index is -0.170. The van der Waals surface area contributed by atoms with Crippen molar-refractivity contribution in [1.29, 1.82) is 0 Å². The highest BCUT2D eigenvalue weighted by molar-refractivity contribution is 6.06. The van der Waals surface area contributed by atoms with Crippen LogP contribution in [0.25, 0.3) is 21.9 Å². The zero-order chi connectivity index (χ0) is 25.7. The van der Waals surface area contributed by atoms with Crippen LogP contribution in [0.5, 0.6) is 0 Å². The summed E-state index contributed by atoms with van der Waals surface area (Å²) in [6, 6.07) is 8.12. The molecule has 0 atom stereocenters. The van der Waals surface area contributed by atoms with Gasteiger partial charge in [-0.3, -0.25) is 9.48 Å². The number of nitrogens with one attached hydrogen (secondary N) is 1. The number of hydrogen-bond donors (Lipinski definition) is 1. The van der Waals surface area contributed by atoms with E-state index in [2.05, 4.69) is 64.3 Å². The summed E-state index contributed by atoms with van der Waals surface area (Å²) in [6.07, 6.45) is 12.5. The first-order valence-corrected chi connectivity index (χ1v) is 12.6. The summed E-state index contributed by atoms with van der Waals surface area (Å²) in [5.41, 5.74) is 5.27. The molecule has 1 amide bonds. The first kappa shape index (κ1) is 25.4. The zero-order valence-corrected chi connectivity index (χ0v) is 22.0. The Morgan fingerprint density at radius 1 is 1.03 bits per heavy atom. The van der Waals surface area contributed by atoms with Gasteiger partial charge in [-0.05, 0) is 62.6 Å². The van der Waals surface area contributed by atoms with Crippen molar-refractivity contribution in [2.45, 2.75) is 27.2 Å². The number of aromatic nitrogens is 3. The van der Waals surface area contributed by atoms with Crippen molar-refractivity contribution < 1.29 is 4.79 Å². The predicted octanol–water partition coefficient (Wildman–Crippen LogP) is 5.01. The molecule has 3 heterocycles. The summed E-state index contributed by atoms with van der Waals surface area (Å²) in [5.74, 6) is 0.360. The van der Waals surface area contributed by atoms with E-state index in [9.17, 15) is 4.79 Å². The van der Waals surface area contributed by atoms with E-state index in [0.29, 0.717) is 11.4 Å². The van der Waals surface area contributed by atoms with Crippen LogP contribution in [0, 0.1) is 0 Å². The summed E-state index contributed by atoms with van der Waals surface area (Å²) in [6.45, 7) is 10.3. The van der Waals surface area contributed by atoms with Gasteiger partial charge in [-0.25, -0.2) is 4.98 Å². The molecule has 3 aromatic rings. The monoisotopic (exact) mass is 484 g/mol. The third-order valence-electron chi connectivity index (χ3n) is 6.81. The molecule has 7 heteroatoms. The summed E-state index contributed by atoms with van der Waals surface area (Å²) < 4.78 is 1.79. The Kier molecular flexibility index (Phi) is 8.00. The molecule has 1 aromatic carbocycles. The minimum absolute atomic E-state index is 0.170. The fraction of sp³-hybridized carbons (Fsp3) is 0.345. The van der Waals surface area contributed by atoms with Crippen molar-refractivity contribution in [3.05, 3.63) is 77.9 Å². The molecular weight excluding hydrogens is 448 g/mol. The van der Waals surface area contributed by atoms with Crippen LogP contribution in [0.3, 0.4) is 0 Å². The number of fused-ring (bicyclic) bond motifs is 1. The minimum Gasteiger partial charge on any atom is -0.369 e.